The Hall–Kier alpha value is -1.30. The zero-order valence-electron chi connectivity index (χ0n) is 12.4. The van der Waals surface area contributed by atoms with Crippen LogP contribution in [0.25, 0.3) is 0 Å². The Labute approximate surface area is 135 Å². The minimum Gasteiger partial charge on any atom is -0.381 e. The number of benzene rings is 1. The first kappa shape index (κ1) is 15.6. The minimum atomic E-state index is -0.198. The summed E-state index contributed by atoms with van der Waals surface area (Å²) in [6.45, 7) is 2.16. The maximum absolute atomic E-state index is 12.1. The monoisotopic (exact) mass is 324 g/mol. The van der Waals surface area contributed by atoms with E-state index in [2.05, 4.69) is 10.6 Å². The van der Waals surface area contributed by atoms with E-state index in [1.165, 1.54) is 0 Å². The lowest BCUT2D eigenvalue weighted by atomic mass is 9.84. The minimum absolute atomic E-state index is 0.121. The molecular formula is C16H21ClN2O3. The highest BCUT2D eigenvalue weighted by atomic mass is 35.5. The standard InChI is InChI=1S/C16H21ClN2O3/c17-12-2-1-3-13(10-12)18-15(20)19-14-4-7-22-16(11-14)5-8-21-9-6-16/h1-3,10,14H,4-9,11H2,(H2,18,19,20). The first-order valence-corrected chi connectivity index (χ1v) is 8.08. The van der Waals surface area contributed by atoms with E-state index in [0.717, 1.165) is 38.9 Å². The fourth-order valence-electron chi connectivity index (χ4n) is 3.16. The number of halogens is 1. The summed E-state index contributed by atoms with van der Waals surface area (Å²) < 4.78 is 11.4. The molecule has 1 aromatic rings. The van der Waals surface area contributed by atoms with Crippen molar-refractivity contribution in [3.63, 3.8) is 0 Å². The Balaban J connectivity index is 1.54. The highest BCUT2D eigenvalue weighted by molar-refractivity contribution is 6.30. The van der Waals surface area contributed by atoms with Crippen molar-refractivity contribution in [2.45, 2.75) is 37.3 Å². The van der Waals surface area contributed by atoms with Gasteiger partial charge in [0.1, 0.15) is 0 Å². The Morgan fingerprint density at radius 3 is 2.86 bits per heavy atom. The zero-order chi connectivity index (χ0) is 15.4. The van der Waals surface area contributed by atoms with Crippen molar-refractivity contribution >= 4 is 23.3 Å². The van der Waals surface area contributed by atoms with Crippen LogP contribution in [0.15, 0.2) is 24.3 Å². The predicted octanol–water partition coefficient (Wildman–Crippen LogP) is 3.19. The van der Waals surface area contributed by atoms with Crippen LogP contribution in [0.1, 0.15) is 25.7 Å². The van der Waals surface area contributed by atoms with Crippen LogP contribution in [0.4, 0.5) is 10.5 Å². The van der Waals surface area contributed by atoms with E-state index in [0.29, 0.717) is 17.3 Å². The van der Waals surface area contributed by atoms with Crippen LogP contribution in [0.5, 0.6) is 0 Å². The van der Waals surface area contributed by atoms with E-state index in [1.807, 2.05) is 12.1 Å². The van der Waals surface area contributed by atoms with Gasteiger partial charge in [-0.25, -0.2) is 4.79 Å². The van der Waals surface area contributed by atoms with E-state index in [1.54, 1.807) is 12.1 Å². The molecule has 6 heteroatoms. The number of nitrogens with one attached hydrogen (secondary N) is 2. The first-order chi connectivity index (χ1) is 10.7. The van der Waals surface area contributed by atoms with Crippen molar-refractivity contribution in [3.8, 4) is 0 Å². The van der Waals surface area contributed by atoms with Gasteiger partial charge in [0, 0.05) is 36.6 Å². The average Bonchev–Trinajstić information content (AvgIpc) is 2.48. The van der Waals surface area contributed by atoms with Gasteiger partial charge < -0.3 is 20.1 Å². The number of anilines is 1. The Morgan fingerprint density at radius 2 is 2.09 bits per heavy atom. The molecule has 2 N–H and O–H groups in total. The molecule has 1 aromatic carbocycles. The molecule has 2 saturated heterocycles. The molecule has 2 amide bonds. The molecule has 1 spiro atoms. The number of hydrogen-bond donors (Lipinski definition) is 2. The third-order valence-corrected chi connectivity index (χ3v) is 4.55. The smallest absolute Gasteiger partial charge is 0.319 e. The van der Waals surface area contributed by atoms with Crippen molar-refractivity contribution in [1.29, 1.82) is 0 Å². The van der Waals surface area contributed by atoms with Crippen LogP contribution in [0.2, 0.25) is 5.02 Å². The van der Waals surface area contributed by atoms with Gasteiger partial charge in [-0.3, -0.25) is 0 Å². The molecule has 3 rings (SSSR count). The van der Waals surface area contributed by atoms with Gasteiger partial charge in [-0.05, 0) is 43.9 Å². The molecule has 22 heavy (non-hydrogen) atoms. The number of ether oxygens (including phenoxy) is 2. The number of carbonyl (C=O) groups excluding carboxylic acids is 1. The summed E-state index contributed by atoms with van der Waals surface area (Å²) in [5, 5.41) is 6.47. The van der Waals surface area contributed by atoms with Crippen LogP contribution in [-0.2, 0) is 9.47 Å². The van der Waals surface area contributed by atoms with Crippen LogP contribution in [0, 0.1) is 0 Å². The topological polar surface area (TPSA) is 59.6 Å². The number of hydrogen-bond acceptors (Lipinski definition) is 3. The van der Waals surface area contributed by atoms with Gasteiger partial charge in [-0.2, -0.15) is 0 Å². The summed E-state index contributed by atoms with van der Waals surface area (Å²) >= 11 is 5.92. The normalized spacial score (nSPS) is 24.0. The number of urea groups is 1. The molecule has 0 aliphatic carbocycles. The summed E-state index contributed by atoms with van der Waals surface area (Å²) in [7, 11) is 0. The van der Waals surface area contributed by atoms with Crippen molar-refractivity contribution < 1.29 is 14.3 Å². The Kier molecular flexibility index (Phi) is 4.86. The quantitative estimate of drug-likeness (QED) is 0.878. The number of carbonyl (C=O) groups is 1. The number of amides is 2. The Morgan fingerprint density at radius 1 is 1.27 bits per heavy atom. The fraction of sp³-hybridized carbons (Fsp3) is 0.562. The van der Waals surface area contributed by atoms with Crippen LogP contribution < -0.4 is 10.6 Å². The van der Waals surface area contributed by atoms with Gasteiger partial charge in [0.15, 0.2) is 0 Å². The highest BCUT2D eigenvalue weighted by Crippen LogP contribution is 2.34. The van der Waals surface area contributed by atoms with Crippen LogP contribution >= 0.6 is 11.6 Å². The zero-order valence-corrected chi connectivity index (χ0v) is 13.2. The summed E-state index contributed by atoms with van der Waals surface area (Å²) in [6.07, 6.45) is 3.49. The summed E-state index contributed by atoms with van der Waals surface area (Å²) in [5.74, 6) is 0. The number of rotatable bonds is 2. The van der Waals surface area contributed by atoms with Crippen LogP contribution in [-0.4, -0.2) is 37.5 Å². The molecule has 0 bridgehead atoms. The molecule has 2 heterocycles. The van der Waals surface area contributed by atoms with Gasteiger partial charge >= 0.3 is 6.03 Å². The highest BCUT2D eigenvalue weighted by Gasteiger charge is 2.39. The van der Waals surface area contributed by atoms with E-state index >= 15 is 0 Å². The average molecular weight is 325 g/mol. The largest absolute Gasteiger partial charge is 0.381 e. The van der Waals surface area contributed by atoms with Crippen LogP contribution in [0.3, 0.4) is 0 Å². The molecule has 1 unspecified atom stereocenters. The second-order valence-corrected chi connectivity index (χ2v) is 6.38. The van der Waals surface area contributed by atoms with Gasteiger partial charge in [0.05, 0.1) is 5.60 Å². The Bertz CT molecular complexity index is 526. The third-order valence-electron chi connectivity index (χ3n) is 4.31. The van der Waals surface area contributed by atoms with Gasteiger partial charge in [0.2, 0.25) is 0 Å². The molecule has 0 radical (unpaired) electrons. The molecule has 5 nitrogen and oxygen atoms in total. The van der Waals surface area contributed by atoms with Gasteiger partial charge in [-0.15, -0.1) is 0 Å². The maximum atomic E-state index is 12.1. The molecule has 0 aromatic heterocycles. The molecule has 1 atom stereocenters. The third kappa shape index (κ3) is 3.91. The maximum Gasteiger partial charge on any atom is 0.319 e. The second kappa shape index (κ2) is 6.86. The molecule has 120 valence electrons. The van der Waals surface area contributed by atoms with Crippen molar-refractivity contribution in [3.05, 3.63) is 29.3 Å². The van der Waals surface area contributed by atoms with Gasteiger partial charge in [0.25, 0.3) is 0 Å². The summed E-state index contributed by atoms with van der Waals surface area (Å²) in [4.78, 5) is 12.1. The first-order valence-electron chi connectivity index (χ1n) is 7.70. The van der Waals surface area contributed by atoms with E-state index in [-0.39, 0.29) is 17.7 Å². The van der Waals surface area contributed by atoms with E-state index in [4.69, 9.17) is 21.1 Å². The summed E-state index contributed by atoms with van der Waals surface area (Å²) in [5.41, 5.74) is 0.572. The molecule has 2 aliphatic rings. The van der Waals surface area contributed by atoms with Gasteiger partial charge in [-0.1, -0.05) is 17.7 Å². The van der Waals surface area contributed by atoms with Crippen molar-refractivity contribution in [2.75, 3.05) is 25.1 Å². The lowest BCUT2D eigenvalue weighted by molar-refractivity contribution is -0.139. The lowest BCUT2D eigenvalue weighted by Crippen LogP contribution is -2.51. The predicted molar refractivity (Wildman–Crippen MR) is 85.4 cm³/mol. The van der Waals surface area contributed by atoms with Crippen molar-refractivity contribution in [1.82, 2.24) is 5.32 Å². The molecule has 2 aliphatic heterocycles. The molecule has 2 fully saturated rings. The molecule has 0 saturated carbocycles. The SMILES string of the molecule is O=C(Nc1cccc(Cl)c1)NC1CCOC2(CCOCC2)C1. The fourth-order valence-corrected chi connectivity index (χ4v) is 3.35. The van der Waals surface area contributed by atoms with Crippen molar-refractivity contribution in [2.24, 2.45) is 0 Å². The summed E-state index contributed by atoms with van der Waals surface area (Å²) in [6, 6.07) is 7.06. The van der Waals surface area contributed by atoms with E-state index in [9.17, 15) is 4.79 Å². The second-order valence-electron chi connectivity index (χ2n) is 5.94. The van der Waals surface area contributed by atoms with E-state index < -0.39 is 0 Å². The lowest BCUT2D eigenvalue weighted by Gasteiger charge is -2.43. The molecular weight excluding hydrogens is 304 g/mol.